The summed E-state index contributed by atoms with van der Waals surface area (Å²) in [6, 6.07) is 7.10. The summed E-state index contributed by atoms with van der Waals surface area (Å²) in [5, 5.41) is 7.76. The van der Waals surface area contributed by atoms with Crippen LogP contribution >= 0.6 is 0 Å². The summed E-state index contributed by atoms with van der Waals surface area (Å²) in [6.07, 6.45) is 3.61. The topological polar surface area (TPSA) is 60.2 Å². The Kier molecular flexibility index (Phi) is 2.96. The molecule has 21 heavy (non-hydrogen) atoms. The zero-order valence-electron chi connectivity index (χ0n) is 12.3. The van der Waals surface area contributed by atoms with Gasteiger partial charge in [0.1, 0.15) is 5.75 Å². The molecule has 2 saturated heterocycles. The second-order valence-electron chi connectivity index (χ2n) is 6.03. The zero-order chi connectivity index (χ0) is 14.4. The van der Waals surface area contributed by atoms with Crippen LogP contribution in [0.4, 0.5) is 0 Å². The fourth-order valence-corrected chi connectivity index (χ4v) is 3.62. The van der Waals surface area contributed by atoms with Gasteiger partial charge in [-0.2, -0.15) is 4.98 Å². The quantitative estimate of drug-likeness (QED) is 0.939. The molecule has 3 atom stereocenters. The average molecular weight is 285 g/mol. The molecular formula is C16H19N3O2. The van der Waals surface area contributed by atoms with Crippen molar-refractivity contribution in [3.05, 3.63) is 29.7 Å². The molecule has 3 unspecified atom stereocenters. The van der Waals surface area contributed by atoms with E-state index in [1.54, 1.807) is 7.11 Å². The van der Waals surface area contributed by atoms with Crippen LogP contribution in [0.1, 0.15) is 36.6 Å². The minimum atomic E-state index is 0.379. The molecule has 2 fully saturated rings. The van der Waals surface area contributed by atoms with Crippen LogP contribution in [0.5, 0.6) is 5.75 Å². The van der Waals surface area contributed by atoms with E-state index in [1.807, 2.05) is 25.1 Å². The summed E-state index contributed by atoms with van der Waals surface area (Å²) in [4.78, 5) is 4.62. The molecule has 0 radical (unpaired) electrons. The molecule has 1 aromatic carbocycles. The number of aromatic nitrogens is 2. The first-order valence-electron chi connectivity index (χ1n) is 7.49. The molecule has 0 saturated carbocycles. The van der Waals surface area contributed by atoms with Crippen molar-refractivity contribution in [2.75, 3.05) is 7.11 Å². The van der Waals surface area contributed by atoms with E-state index < -0.39 is 0 Å². The maximum Gasteiger partial charge on any atom is 0.231 e. The number of methoxy groups -OCH3 is 1. The largest absolute Gasteiger partial charge is 0.496 e. The molecule has 1 aromatic heterocycles. The molecule has 2 aromatic rings. The van der Waals surface area contributed by atoms with Crippen molar-refractivity contribution < 1.29 is 9.26 Å². The highest BCUT2D eigenvalue weighted by Crippen LogP contribution is 2.39. The summed E-state index contributed by atoms with van der Waals surface area (Å²) in [5.74, 6) is 2.70. The first-order chi connectivity index (χ1) is 10.2. The number of fused-ring (bicyclic) bond motifs is 2. The predicted octanol–water partition coefficient (Wildman–Crippen LogP) is 2.66. The van der Waals surface area contributed by atoms with Gasteiger partial charge in [-0.05, 0) is 49.9 Å². The molecular weight excluding hydrogens is 266 g/mol. The van der Waals surface area contributed by atoms with Gasteiger partial charge in [0.05, 0.1) is 13.0 Å². The molecule has 0 spiro atoms. The van der Waals surface area contributed by atoms with Crippen LogP contribution in [0.2, 0.25) is 0 Å². The van der Waals surface area contributed by atoms with Gasteiger partial charge in [0.25, 0.3) is 0 Å². The highest BCUT2D eigenvalue weighted by molar-refractivity contribution is 5.58. The van der Waals surface area contributed by atoms with Gasteiger partial charge in [0.2, 0.25) is 11.7 Å². The molecule has 4 rings (SSSR count). The Morgan fingerprint density at radius 1 is 1.33 bits per heavy atom. The lowest BCUT2D eigenvalue weighted by Crippen LogP contribution is -2.21. The lowest BCUT2D eigenvalue weighted by atomic mass is 9.89. The average Bonchev–Trinajstić information content (AvgIpc) is 3.22. The molecule has 1 N–H and O–H groups in total. The van der Waals surface area contributed by atoms with Crippen molar-refractivity contribution in [3.63, 3.8) is 0 Å². The summed E-state index contributed by atoms with van der Waals surface area (Å²) in [5.41, 5.74) is 2.04. The minimum absolute atomic E-state index is 0.379. The summed E-state index contributed by atoms with van der Waals surface area (Å²) < 4.78 is 10.8. The van der Waals surface area contributed by atoms with Gasteiger partial charge >= 0.3 is 0 Å². The lowest BCUT2D eigenvalue weighted by molar-refractivity contribution is 0.329. The Morgan fingerprint density at radius 2 is 2.24 bits per heavy atom. The van der Waals surface area contributed by atoms with Gasteiger partial charge in [-0.3, -0.25) is 0 Å². The van der Waals surface area contributed by atoms with Crippen molar-refractivity contribution in [2.45, 2.75) is 44.2 Å². The van der Waals surface area contributed by atoms with Crippen LogP contribution in [0, 0.1) is 6.92 Å². The second-order valence-corrected chi connectivity index (χ2v) is 6.03. The van der Waals surface area contributed by atoms with Crippen LogP contribution in [-0.4, -0.2) is 29.3 Å². The molecule has 2 aliphatic heterocycles. The minimum Gasteiger partial charge on any atom is -0.496 e. The van der Waals surface area contributed by atoms with E-state index in [-0.39, 0.29) is 0 Å². The van der Waals surface area contributed by atoms with E-state index in [2.05, 4.69) is 15.5 Å². The van der Waals surface area contributed by atoms with Crippen LogP contribution in [0.25, 0.3) is 11.4 Å². The van der Waals surface area contributed by atoms with Gasteiger partial charge in [-0.1, -0.05) is 5.16 Å². The van der Waals surface area contributed by atoms with E-state index in [0.717, 1.165) is 29.2 Å². The summed E-state index contributed by atoms with van der Waals surface area (Å²) >= 11 is 0. The van der Waals surface area contributed by atoms with Crippen LogP contribution in [0.3, 0.4) is 0 Å². The van der Waals surface area contributed by atoms with Crippen molar-refractivity contribution in [1.29, 1.82) is 0 Å². The van der Waals surface area contributed by atoms with Crippen LogP contribution in [0.15, 0.2) is 22.7 Å². The van der Waals surface area contributed by atoms with Crippen molar-refractivity contribution in [2.24, 2.45) is 0 Å². The molecule has 2 aliphatic rings. The number of nitrogens with one attached hydrogen (secondary N) is 1. The van der Waals surface area contributed by atoms with E-state index in [4.69, 9.17) is 9.26 Å². The molecule has 5 heteroatoms. The number of rotatable bonds is 3. The van der Waals surface area contributed by atoms with Gasteiger partial charge in [0, 0.05) is 17.6 Å². The third-order valence-electron chi connectivity index (χ3n) is 4.71. The summed E-state index contributed by atoms with van der Waals surface area (Å²) in [7, 11) is 1.68. The van der Waals surface area contributed by atoms with Crippen molar-refractivity contribution in [1.82, 2.24) is 15.5 Å². The molecule has 110 valence electrons. The summed E-state index contributed by atoms with van der Waals surface area (Å²) in [6.45, 7) is 2.02. The number of aryl methyl sites for hydroxylation is 1. The third kappa shape index (κ3) is 2.12. The Bertz CT molecular complexity index is 667. The zero-order valence-corrected chi connectivity index (χ0v) is 12.3. The third-order valence-corrected chi connectivity index (χ3v) is 4.71. The molecule has 0 amide bonds. The highest BCUT2D eigenvalue weighted by atomic mass is 16.5. The van der Waals surface area contributed by atoms with E-state index >= 15 is 0 Å². The Morgan fingerprint density at radius 3 is 2.90 bits per heavy atom. The number of hydrogen-bond donors (Lipinski definition) is 1. The number of ether oxygens (including phenoxy) is 1. The van der Waals surface area contributed by atoms with E-state index in [9.17, 15) is 0 Å². The standard InChI is InChI=1S/C16H19N3O2/c1-9-7-10(3-6-14(9)20-2)15-18-16(21-19-15)12-8-11-4-5-13(12)17-11/h3,6-7,11-13,17H,4-5,8H2,1-2H3. The Labute approximate surface area is 123 Å². The van der Waals surface area contributed by atoms with E-state index in [1.165, 1.54) is 12.8 Å². The number of nitrogens with zero attached hydrogens (tertiary/aromatic N) is 2. The first kappa shape index (κ1) is 12.8. The van der Waals surface area contributed by atoms with Gasteiger partial charge < -0.3 is 14.6 Å². The maximum atomic E-state index is 5.52. The highest BCUT2D eigenvalue weighted by Gasteiger charge is 2.42. The molecule has 5 nitrogen and oxygen atoms in total. The predicted molar refractivity (Wildman–Crippen MR) is 78.3 cm³/mol. The SMILES string of the molecule is COc1ccc(-c2noc(C3CC4CCC3N4)n2)cc1C. The van der Waals surface area contributed by atoms with Crippen molar-refractivity contribution >= 4 is 0 Å². The number of hydrogen-bond acceptors (Lipinski definition) is 5. The maximum absolute atomic E-state index is 5.52. The van der Waals surface area contributed by atoms with E-state index in [0.29, 0.717) is 23.8 Å². The Balaban J connectivity index is 1.61. The van der Waals surface area contributed by atoms with Gasteiger partial charge in [-0.25, -0.2) is 0 Å². The molecule has 3 heterocycles. The van der Waals surface area contributed by atoms with Crippen LogP contribution < -0.4 is 10.1 Å². The smallest absolute Gasteiger partial charge is 0.231 e. The van der Waals surface area contributed by atoms with Gasteiger partial charge in [-0.15, -0.1) is 0 Å². The fraction of sp³-hybridized carbons (Fsp3) is 0.500. The van der Waals surface area contributed by atoms with Crippen molar-refractivity contribution in [3.8, 4) is 17.1 Å². The fourth-order valence-electron chi connectivity index (χ4n) is 3.62. The monoisotopic (exact) mass is 285 g/mol. The number of benzene rings is 1. The Hall–Kier alpha value is -1.88. The molecule has 2 bridgehead atoms. The first-order valence-corrected chi connectivity index (χ1v) is 7.49. The lowest BCUT2D eigenvalue weighted by Gasteiger charge is -2.15. The molecule has 0 aliphatic carbocycles. The van der Waals surface area contributed by atoms with Crippen LogP contribution in [-0.2, 0) is 0 Å². The second kappa shape index (κ2) is 4.84. The normalized spacial score (nSPS) is 27.2. The van der Waals surface area contributed by atoms with Gasteiger partial charge in [0.15, 0.2) is 0 Å².